The zero-order valence-electron chi connectivity index (χ0n) is 7.47. The maximum Gasteiger partial charge on any atom is 0.0705 e. The van der Waals surface area contributed by atoms with Crippen LogP contribution in [0.15, 0.2) is 12.1 Å². The lowest BCUT2D eigenvalue weighted by atomic mass is 10.0. The van der Waals surface area contributed by atoms with Gasteiger partial charge >= 0.3 is 0 Å². The fourth-order valence-corrected chi connectivity index (χ4v) is 1.88. The van der Waals surface area contributed by atoms with Crippen molar-refractivity contribution in [3.63, 3.8) is 0 Å². The lowest BCUT2D eigenvalue weighted by Crippen LogP contribution is -2.23. The molecule has 78 valence electrons. The van der Waals surface area contributed by atoms with E-state index in [-0.39, 0.29) is 0 Å². The highest BCUT2D eigenvalue weighted by Gasteiger charge is 2.20. The van der Waals surface area contributed by atoms with E-state index in [1.54, 1.807) is 19.1 Å². The Bertz CT molecular complexity index is 341. The van der Waals surface area contributed by atoms with Crippen molar-refractivity contribution in [1.29, 1.82) is 0 Å². The van der Waals surface area contributed by atoms with E-state index in [2.05, 4.69) is 0 Å². The highest BCUT2D eigenvalue weighted by Crippen LogP contribution is 2.35. The van der Waals surface area contributed by atoms with E-state index >= 15 is 0 Å². The molecule has 0 spiro atoms. The molecule has 14 heavy (non-hydrogen) atoms. The Labute approximate surface area is 97.6 Å². The number of hydrogen-bond acceptors (Lipinski definition) is 2. The standard InChI is InChI=1S/C9H10Cl3NO/c1-4(14)9(13)7-5(10)2-3-6(11)8(7)12/h2-4,9,14H,13H2,1H3/t4-,9-/m0/s1. The molecule has 0 aliphatic carbocycles. The molecule has 0 aliphatic heterocycles. The van der Waals surface area contributed by atoms with Crippen molar-refractivity contribution in [3.05, 3.63) is 32.8 Å². The van der Waals surface area contributed by atoms with Crippen LogP contribution < -0.4 is 5.73 Å². The van der Waals surface area contributed by atoms with Gasteiger partial charge in [-0.1, -0.05) is 34.8 Å². The minimum Gasteiger partial charge on any atom is -0.391 e. The van der Waals surface area contributed by atoms with Gasteiger partial charge in [0, 0.05) is 10.6 Å². The number of aliphatic hydroxyl groups excluding tert-OH is 1. The third-order valence-electron chi connectivity index (χ3n) is 1.93. The third-order valence-corrected chi connectivity index (χ3v) is 3.08. The van der Waals surface area contributed by atoms with Gasteiger partial charge in [0.1, 0.15) is 0 Å². The molecule has 0 unspecified atom stereocenters. The molecule has 0 saturated heterocycles. The normalized spacial score (nSPS) is 15.3. The molecular formula is C9H10Cl3NO. The van der Waals surface area contributed by atoms with E-state index in [9.17, 15) is 5.11 Å². The lowest BCUT2D eigenvalue weighted by Gasteiger charge is -2.18. The Balaban J connectivity index is 3.25. The molecule has 0 bridgehead atoms. The van der Waals surface area contributed by atoms with Crippen molar-refractivity contribution in [3.8, 4) is 0 Å². The molecule has 3 N–H and O–H groups in total. The number of halogens is 3. The average Bonchev–Trinajstić information content (AvgIpc) is 2.12. The van der Waals surface area contributed by atoms with Crippen molar-refractivity contribution in [2.24, 2.45) is 5.73 Å². The van der Waals surface area contributed by atoms with Crippen molar-refractivity contribution in [2.75, 3.05) is 0 Å². The number of rotatable bonds is 2. The minimum absolute atomic E-state index is 0.299. The van der Waals surface area contributed by atoms with Crippen LogP contribution in [0, 0.1) is 0 Å². The molecule has 0 aromatic heterocycles. The topological polar surface area (TPSA) is 46.2 Å². The number of benzene rings is 1. The molecule has 2 nitrogen and oxygen atoms in total. The highest BCUT2D eigenvalue weighted by atomic mass is 35.5. The minimum atomic E-state index is -0.733. The van der Waals surface area contributed by atoms with Crippen LogP contribution >= 0.6 is 34.8 Å². The highest BCUT2D eigenvalue weighted by molar-refractivity contribution is 6.44. The van der Waals surface area contributed by atoms with Crippen LogP contribution in [-0.2, 0) is 0 Å². The van der Waals surface area contributed by atoms with E-state index in [0.29, 0.717) is 20.6 Å². The van der Waals surface area contributed by atoms with Crippen molar-refractivity contribution in [1.82, 2.24) is 0 Å². The molecule has 5 heteroatoms. The Kier molecular flexibility index (Phi) is 4.04. The molecule has 0 amide bonds. The summed E-state index contributed by atoms with van der Waals surface area (Å²) >= 11 is 17.6. The van der Waals surface area contributed by atoms with Gasteiger partial charge in [-0.2, -0.15) is 0 Å². The third kappa shape index (κ3) is 2.33. The first-order chi connectivity index (χ1) is 6.45. The van der Waals surface area contributed by atoms with Crippen molar-refractivity contribution >= 4 is 34.8 Å². The van der Waals surface area contributed by atoms with E-state index in [1.165, 1.54) is 0 Å². The van der Waals surface area contributed by atoms with E-state index in [4.69, 9.17) is 40.5 Å². The zero-order chi connectivity index (χ0) is 10.9. The van der Waals surface area contributed by atoms with Crippen LogP contribution in [0.2, 0.25) is 15.1 Å². The van der Waals surface area contributed by atoms with Gasteiger partial charge in [0.2, 0.25) is 0 Å². The van der Waals surface area contributed by atoms with Gasteiger partial charge in [-0.25, -0.2) is 0 Å². The summed E-state index contributed by atoms with van der Waals surface area (Å²) in [4.78, 5) is 0. The van der Waals surface area contributed by atoms with Crippen LogP contribution in [0.25, 0.3) is 0 Å². The van der Waals surface area contributed by atoms with Crippen LogP contribution in [0.1, 0.15) is 18.5 Å². The molecule has 0 heterocycles. The molecule has 1 aromatic carbocycles. The summed E-state index contributed by atoms with van der Waals surface area (Å²) < 4.78 is 0. The molecular weight excluding hydrogens is 244 g/mol. The zero-order valence-corrected chi connectivity index (χ0v) is 9.74. The average molecular weight is 255 g/mol. The van der Waals surface area contributed by atoms with Crippen molar-refractivity contribution < 1.29 is 5.11 Å². The Morgan fingerprint density at radius 1 is 1.21 bits per heavy atom. The second kappa shape index (κ2) is 4.69. The van der Waals surface area contributed by atoms with Gasteiger partial charge in [0.15, 0.2) is 0 Å². The van der Waals surface area contributed by atoms with E-state index < -0.39 is 12.1 Å². The monoisotopic (exact) mass is 253 g/mol. The van der Waals surface area contributed by atoms with Gasteiger partial charge in [-0.3, -0.25) is 0 Å². The summed E-state index contributed by atoms with van der Waals surface area (Å²) in [6.07, 6.45) is -0.733. The van der Waals surface area contributed by atoms with Gasteiger partial charge < -0.3 is 10.8 Å². The number of aliphatic hydroxyl groups is 1. The maximum atomic E-state index is 9.33. The predicted molar refractivity (Wildman–Crippen MR) is 60.1 cm³/mol. The molecule has 0 radical (unpaired) electrons. The molecule has 2 atom stereocenters. The molecule has 0 saturated carbocycles. The Morgan fingerprint density at radius 3 is 2.21 bits per heavy atom. The van der Waals surface area contributed by atoms with Crippen LogP contribution in [0.5, 0.6) is 0 Å². The van der Waals surface area contributed by atoms with Crippen LogP contribution in [-0.4, -0.2) is 11.2 Å². The van der Waals surface area contributed by atoms with Gasteiger partial charge in [-0.05, 0) is 19.1 Å². The maximum absolute atomic E-state index is 9.33. The van der Waals surface area contributed by atoms with Crippen LogP contribution in [0.3, 0.4) is 0 Å². The number of hydrogen-bond donors (Lipinski definition) is 2. The van der Waals surface area contributed by atoms with Crippen LogP contribution in [0.4, 0.5) is 0 Å². The molecule has 1 rings (SSSR count). The molecule has 1 aromatic rings. The first-order valence-corrected chi connectivity index (χ1v) is 5.15. The summed E-state index contributed by atoms with van der Waals surface area (Å²) in [7, 11) is 0. The molecule has 0 fully saturated rings. The second-order valence-corrected chi connectivity index (χ2v) is 4.22. The lowest BCUT2D eigenvalue weighted by molar-refractivity contribution is 0.164. The number of nitrogens with two attached hydrogens (primary N) is 1. The Hall–Kier alpha value is 0.01000. The quantitative estimate of drug-likeness (QED) is 0.797. The first-order valence-electron chi connectivity index (χ1n) is 4.02. The van der Waals surface area contributed by atoms with Gasteiger partial charge in [0.25, 0.3) is 0 Å². The van der Waals surface area contributed by atoms with E-state index in [1.807, 2.05) is 0 Å². The Morgan fingerprint density at radius 2 is 1.71 bits per heavy atom. The summed E-state index contributed by atoms with van der Waals surface area (Å²) in [5.74, 6) is 0. The fourth-order valence-electron chi connectivity index (χ4n) is 1.09. The summed E-state index contributed by atoms with van der Waals surface area (Å²) in [5, 5.41) is 10.4. The smallest absolute Gasteiger partial charge is 0.0705 e. The predicted octanol–water partition coefficient (Wildman–Crippen LogP) is 3.03. The fraction of sp³-hybridized carbons (Fsp3) is 0.333. The molecule has 0 aliphatic rings. The SMILES string of the molecule is C[C@H](O)[C@H](N)c1c(Cl)ccc(Cl)c1Cl. The summed E-state index contributed by atoms with van der Waals surface area (Å²) in [6, 6.07) is 2.56. The first kappa shape index (κ1) is 12.1. The van der Waals surface area contributed by atoms with E-state index in [0.717, 1.165) is 0 Å². The van der Waals surface area contributed by atoms with Crippen molar-refractivity contribution in [2.45, 2.75) is 19.1 Å². The van der Waals surface area contributed by atoms with Gasteiger partial charge in [0.05, 0.1) is 22.2 Å². The van der Waals surface area contributed by atoms with Gasteiger partial charge in [-0.15, -0.1) is 0 Å². The largest absolute Gasteiger partial charge is 0.391 e. The summed E-state index contributed by atoms with van der Waals surface area (Å²) in [6.45, 7) is 1.57. The summed E-state index contributed by atoms with van der Waals surface area (Å²) in [5.41, 5.74) is 6.21. The second-order valence-electron chi connectivity index (χ2n) is 3.02.